The van der Waals surface area contributed by atoms with Crippen LogP contribution in [-0.2, 0) is 6.54 Å². The second kappa shape index (κ2) is 9.15. The van der Waals surface area contributed by atoms with Crippen LogP contribution in [0.25, 0.3) is 0 Å². The molecule has 0 bridgehead atoms. The lowest BCUT2D eigenvalue weighted by Gasteiger charge is -2.36. The topological polar surface area (TPSA) is 65.1 Å². The standard InChI is InChI=1S/C18H21ClN4O.HI/c19-15-3-5-16(6-4-15)22-9-11-23(12-10-22)18(20)21-13-14-1-7-17(24)8-2-14;/h1-8,24H,9-13H2,(H2,20,21);1H. The SMILES string of the molecule is I.NC(=NCc1ccc(O)cc1)N1CCN(c2ccc(Cl)cc2)CC1. The van der Waals surface area contributed by atoms with Gasteiger partial charge in [-0.05, 0) is 42.0 Å². The number of nitrogens with two attached hydrogens (primary N) is 1. The van der Waals surface area contributed by atoms with Gasteiger partial charge in [0.1, 0.15) is 5.75 Å². The number of halogens is 2. The monoisotopic (exact) mass is 472 g/mol. The fraction of sp³-hybridized carbons (Fsp3) is 0.278. The van der Waals surface area contributed by atoms with Crippen molar-refractivity contribution in [1.82, 2.24) is 4.90 Å². The summed E-state index contributed by atoms with van der Waals surface area (Å²) in [6, 6.07) is 14.9. The molecule has 25 heavy (non-hydrogen) atoms. The fourth-order valence-electron chi connectivity index (χ4n) is 2.72. The van der Waals surface area contributed by atoms with Gasteiger partial charge in [-0.25, -0.2) is 4.99 Å². The number of nitrogens with zero attached hydrogens (tertiary/aromatic N) is 3. The van der Waals surface area contributed by atoms with E-state index in [1.807, 2.05) is 36.4 Å². The van der Waals surface area contributed by atoms with Crippen LogP contribution in [-0.4, -0.2) is 42.1 Å². The highest BCUT2D eigenvalue weighted by Crippen LogP contribution is 2.19. The van der Waals surface area contributed by atoms with Gasteiger partial charge in [0.25, 0.3) is 0 Å². The Kier molecular flexibility index (Phi) is 7.19. The summed E-state index contributed by atoms with van der Waals surface area (Å²) in [7, 11) is 0. The first-order valence-corrected chi connectivity index (χ1v) is 8.33. The van der Waals surface area contributed by atoms with Crippen molar-refractivity contribution in [3.8, 4) is 5.75 Å². The summed E-state index contributed by atoms with van der Waals surface area (Å²) >= 11 is 5.94. The molecule has 2 aromatic carbocycles. The van der Waals surface area contributed by atoms with Crippen molar-refractivity contribution in [3.63, 3.8) is 0 Å². The Bertz CT molecular complexity index is 698. The number of aromatic hydroxyl groups is 1. The highest BCUT2D eigenvalue weighted by molar-refractivity contribution is 14.0. The summed E-state index contributed by atoms with van der Waals surface area (Å²) in [6.07, 6.45) is 0. The molecule has 0 unspecified atom stereocenters. The number of guanidine groups is 1. The van der Waals surface area contributed by atoms with Crippen LogP contribution in [0.3, 0.4) is 0 Å². The van der Waals surface area contributed by atoms with E-state index in [-0.39, 0.29) is 29.7 Å². The maximum Gasteiger partial charge on any atom is 0.191 e. The van der Waals surface area contributed by atoms with Gasteiger partial charge in [-0.1, -0.05) is 23.7 Å². The minimum Gasteiger partial charge on any atom is -0.508 e. The Balaban J connectivity index is 0.00000225. The van der Waals surface area contributed by atoms with Gasteiger partial charge in [0.15, 0.2) is 5.96 Å². The Morgan fingerprint density at radius 3 is 2.20 bits per heavy atom. The van der Waals surface area contributed by atoms with E-state index in [2.05, 4.69) is 14.8 Å². The lowest BCUT2D eigenvalue weighted by molar-refractivity contribution is 0.380. The highest BCUT2D eigenvalue weighted by atomic mass is 127. The number of hydrogen-bond donors (Lipinski definition) is 2. The van der Waals surface area contributed by atoms with E-state index < -0.39 is 0 Å². The molecule has 0 atom stereocenters. The molecule has 1 aliphatic heterocycles. The number of piperazine rings is 1. The lowest BCUT2D eigenvalue weighted by atomic mass is 10.2. The summed E-state index contributed by atoms with van der Waals surface area (Å²) in [5, 5.41) is 10.0. The Hall–Kier alpha value is -1.67. The maximum atomic E-state index is 9.29. The Morgan fingerprint density at radius 2 is 1.60 bits per heavy atom. The van der Waals surface area contributed by atoms with Crippen LogP contribution in [0, 0.1) is 0 Å². The van der Waals surface area contributed by atoms with Crippen LogP contribution >= 0.6 is 35.6 Å². The van der Waals surface area contributed by atoms with E-state index in [1.54, 1.807) is 12.1 Å². The molecule has 134 valence electrons. The Labute approximate surface area is 170 Å². The average molecular weight is 473 g/mol. The van der Waals surface area contributed by atoms with Gasteiger partial charge in [0.05, 0.1) is 6.54 Å². The van der Waals surface area contributed by atoms with Crippen molar-refractivity contribution in [3.05, 3.63) is 59.1 Å². The lowest BCUT2D eigenvalue weighted by Crippen LogP contribution is -2.51. The second-order valence-electron chi connectivity index (χ2n) is 5.79. The zero-order valence-electron chi connectivity index (χ0n) is 13.8. The molecule has 5 nitrogen and oxygen atoms in total. The van der Waals surface area contributed by atoms with E-state index in [0.29, 0.717) is 12.5 Å². The van der Waals surface area contributed by atoms with Crippen LogP contribution in [0.4, 0.5) is 5.69 Å². The third-order valence-electron chi connectivity index (χ3n) is 4.16. The number of phenols is 1. The van der Waals surface area contributed by atoms with Crippen LogP contribution < -0.4 is 10.6 Å². The van der Waals surface area contributed by atoms with Gasteiger partial charge in [-0.15, -0.1) is 24.0 Å². The molecule has 1 heterocycles. The van der Waals surface area contributed by atoms with Crippen LogP contribution in [0.2, 0.25) is 5.02 Å². The first-order chi connectivity index (χ1) is 11.6. The molecule has 0 aromatic heterocycles. The molecule has 0 spiro atoms. The van der Waals surface area contributed by atoms with Crippen LogP contribution in [0.1, 0.15) is 5.56 Å². The van der Waals surface area contributed by atoms with Gasteiger partial charge in [-0.2, -0.15) is 0 Å². The summed E-state index contributed by atoms with van der Waals surface area (Å²) in [5.74, 6) is 0.827. The average Bonchev–Trinajstić information content (AvgIpc) is 2.62. The summed E-state index contributed by atoms with van der Waals surface area (Å²) in [5.41, 5.74) is 8.32. The van der Waals surface area contributed by atoms with Gasteiger partial charge in [0, 0.05) is 36.9 Å². The van der Waals surface area contributed by atoms with Gasteiger partial charge in [-0.3, -0.25) is 0 Å². The number of phenolic OH excluding ortho intramolecular Hbond substituents is 1. The molecule has 0 aliphatic carbocycles. The molecule has 0 amide bonds. The molecule has 0 radical (unpaired) electrons. The van der Waals surface area contributed by atoms with Crippen molar-refractivity contribution in [2.24, 2.45) is 10.7 Å². The highest BCUT2D eigenvalue weighted by Gasteiger charge is 2.18. The first kappa shape index (κ1) is 19.7. The summed E-state index contributed by atoms with van der Waals surface area (Å²) in [4.78, 5) is 8.88. The van der Waals surface area contributed by atoms with Crippen LogP contribution in [0.15, 0.2) is 53.5 Å². The summed E-state index contributed by atoms with van der Waals surface area (Å²) < 4.78 is 0. The predicted molar refractivity (Wildman–Crippen MR) is 114 cm³/mol. The van der Waals surface area contributed by atoms with E-state index >= 15 is 0 Å². The molecule has 3 rings (SSSR count). The van der Waals surface area contributed by atoms with Gasteiger partial charge >= 0.3 is 0 Å². The Morgan fingerprint density at radius 1 is 1.00 bits per heavy atom. The molecule has 7 heteroatoms. The molecule has 1 saturated heterocycles. The zero-order valence-corrected chi connectivity index (χ0v) is 16.9. The summed E-state index contributed by atoms with van der Waals surface area (Å²) in [6.45, 7) is 4.00. The molecule has 0 saturated carbocycles. The van der Waals surface area contributed by atoms with E-state index in [0.717, 1.165) is 36.8 Å². The van der Waals surface area contributed by atoms with E-state index in [9.17, 15) is 5.11 Å². The third kappa shape index (κ3) is 5.40. The molecule has 3 N–H and O–H groups in total. The minimum atomic E-state index is 0. The third-order valence-corrected chi connectivity index (χ3v) is 4.41. The molecule has 2 aromatic rings. The number of anilines is 1. The molecule has 1 aliphatic rings. The first-order valence-electron chi connectivity index (χ1n) is 7.95. The normalized spacial score (nSPS) is 15.0. The van der Waals surface area contributed by atoms with Crippen molar-refractivity contribution in [2.45, 2.75) is 6.54 Å². The van der Waals surface area contributed by atoms with Crippen molar-refractivity contribution >= 4 is 47.2 Å². The van der Waals surface area contributed by atoms with E-state index in [4.69, 9.17) is 17.3 Å². The van der Waals surface area contributed by atoms with Crippen molar-refractivity contribution in [2.75, 3.05) is 31.1 Å². The predicted octanol–water partition coefficient (Wildman–Crippen LogP) is 3.30. The van der Waals surface area contributed by atoms with Gasteiger partial charge < -0.3 is 20.6 Å². The molecular weight excluding hydrogens is 451 g/mol. The maximum absolute atomic E-state index is 9.29. The van der Waals surface area contributed by atoms with Crippen molar-refractivity contribution in [1.29, 1.82) is 0 Å². The van der Waals surface area contributed by atoms with E-state index in [1.165, 1.54) is 5.69 Å². The quantitative estimate of drug-likeness (QED) is 0.409. The molecule has 1 fully saturated rings. The zero-order chi connectivity index (χ0) is 16.9. The number of benzene rings is 2. The largest absolute Gasteiger partial charge is 0.508 e. The van der Waals surface area contributed by atoms with Crippen molar-refractivity contribution < 1.29 is 5.11 Å². The number of aliphatic imine (C=N–C) groups is 1. The van der Waals surface area contributed by atoms with Gasteiger partial charge in [0.2, 0.25) is 0 Å². The number of hydrogen-bond acceptors (Lipinski definition) is 3. The smallest absolute Gasteiger partial charge is 0.191 e. The second-order valence-corrected chi connectivity index (χ2v) is 6.23. The minimum absolute atomic E-state index is 0. The fourth-order valence-corrected chi connectivity index (χ4v) is 2.85. The molecular formula is C18H22ClIN4O. The number of rotatable bonds is 3. The van der Waals surface area contributed by atoms with Crippen LogP contribution in [0.5, 0.6) is 5.75 Å².